The number of aromatic nitrogens is 2. The Hall–Kier alpha value is -2.10. The van der Waals surface area contributed by atoms with Crippen molar-refractivity contribution in [3.63, 3.8) is 0 Å². The monoisotopic (exact) mass is 228 g/mol. The van der Waals surface area contributed by atoms with E-state index in [1.54, 1.807) is 6.07 Å². The van der Waals surface area contributed by atoms with Gasteiger partial charge in [-0.3, -0.25) is 0 Å². The van der Waals surface area contributed by atoms with Crippen LogP contribution in [0, 0.1) is 13.8 Å². The van der Waals surface area contributed by atoms with Crippen LogP contribution in [0.25, 0.3) is 0 Å². The molecular formula is C13H16N4. The molecule has 0 amide bonds. The summed E-state index contributed by atoms with van der Waals surface area (Å²) >= 11 is 0. The van der Waals surface area contributed by atoms with Crippen molar-refractivity contribution >= 4 is 17.3 Å². The number of rotatable bonds is 2. The van der Waals surface area contributed by atoms with Gasteiger partial charge in [0.25, 0.3) is 0 Å². The summed E-state index contributed by atoms with van der Waals surface area (Å²) < 4.78 is 0. The Bertz CT molecular complexity index is 537. The van der Waals surface area contributed by atoms with Crippen LogP contribution >= 0.6 is 0 Å². The van der Waals surface area contributed by atoms with Gasteiger partial charge in [-0.1, -0.05) is 17.7 Å². The van der Waals surface area contributed by atoms with E-state index < -0.39 is 0 Å². The molecule has 0 saturated heterocycles. The molecule has 17 heavy (non-hydrogen) atoms. The molecule has 88 valence electrons. The molecule has 0 bridgehead atoms. The first kappa shape index (κ1) is 11.4. The predicted molar refractivity (Wildman–Crippen MR) is 70.4 cm³/mol. The van der Waals surface area contributed by atoms with Crippen LogP contribution in [-0.2, 0) is 0 Å². The van der Waals surface area contributed by atoms with E-state index in [-0.39, 0.29) is 0 Å². The van der Waals surface area contributed by atoms with Gasteiger partial charge < -0.3 is 10.6 Å². The third-order valence-corrected chi connectivity index (χ3v) is 2.73. The van der Waals surface area contributed by atoms with Crippen molar-refractivity contribution in [3.8, 4) is 0 Å². The summed E-state index contributed by atoms with van der Waals surface area (Å²) in [5.41, 5.74) is 9.24. The van der Waals surface area contributed by atoms with E-state index in [4.69, 9.17) is 5.73 Å². The third kappa shape index (κ3) is 2.36. The number of nitrogen functional groups attached to an aromatic ring is 1. The van der Waals surface area contributed by atoms with Crippen LogP contribution in [0.4, 0.5) is 17.3 Å². The summed E-state index contributed by atoms with van der Waals surface area (Å²) in [5, 5.41) is 0. The number of aryl methyl sites for hydroxylation is 2. The fourth-order valence-electron chi connectivity index (χ4n) is 1.85. The van der Waals surface area contributed by atoms with E-state index in [1.165, 1.54) is 17.5 Å². The summed E-state index contributed by atoms with van der Waals surface area (Å²) in [7, 11) is 1.97. The lowest BCUT2D eigenvalue weighted by Crippen LogP contribution is -2.13. The molecule has 0 radical (unpaired) electrons. The Morgan fingerprint density at radius 3 is 2.53 bits per heavy atom. The van der Waals surface area contributed by atoms with E-state index in [0.29, 0.717) is 5.82 Å². The topological polar surface area (TPSA) is 55.0 Å². The minimum atomic E-state index is 0.478. The van der Waals surface area contributed by atoms with Gasteiger partial charge >= 0.3 is 0 Å². The Labute approximate surface area is 101 Å². The van der Waals surface area contributed by atoms with Gasteiger partial charge in [-0.05, 0) is 25.5 Å². The molecule has 0 saturated carbocycles. The first-order valence-corrected chi connectivity index (χ1v) is 5.46. The van der Waals surface area contributed by atoms with Gasteiger partial charge in [0, 0.05) is 18.8 Å². The lowest BCUT2D eigenvalue weighted by molar-refractivity contribution is 1.08. The standard InChI is InChI=1S/C13H16N4/c1-9-4-5-11(10(2)6-9)17(3)13-7-12(14)15-8-16-13/h4-8H,1-3H3,(H2,14,15,16). The highest BCUT2D eigenvalue weighted by Crippen LogP contribution is 2.26. The summed E-state index contributed by atoms with van der Waals surface area (Å²) in [6, 6.07) is 8.09. The fraction of sp³-hybridized carbons (Fsp3) is 0.231. The molecule has 1 heterocycles. The summed E-state index contributed by atoms with van der Waals surface area (Å²) in [5.74, 6) is 1.27. The number of anilines is 3. The maximum Gasteiger partial charge on any atom is 0.138 e. The van der Waals surface area contributed by atoms with Crippen LogP contribution in [0.5, 0.6) is 0 Å². The molecule has 0 atom stereocenters. The Kier molecular flexibility index (Phi) is 2.95. The highest BCUT2D eigenvalue weighted by Gasteiger charge is 2.08. The fourth-order valence-corrected chi connectivity index (χ4v) is 1.85. The molecular weight excluding hydrogens is 212 g/mol. The smallest absolute Gasteiger partial charge is 0.138 e. The molecule has 0 fully saturated rings. The quantitative estimate of drug-likeness (QED) is 0.857. The van der Waals surface area contributed by atoms with Crippen molar-refractivity contribution in [3.05, 3.63) is 41.7 Å². The van der Waals surface area contributed by atoms with Crippen LogP contribution in [0.15, 0.2) is 30.6 Å². The average molecular weight is 228 g/mol. The zero-order valence-electron chi connectivity index (χ0n) is 10.3. The van der Waals surface area contributed by atoms with Gasteiger partial charge in [0.1, 0.15) is 18.0 Å². The minimum Gasteiger partial charge on any atom is -0.384 e. The molecule has 0 aliphatic heterocycles. The molecule has 1 aromatic heterocycles. The van der Waals surface area contributed by atoms with Crippen molar-refractivity contribution in [1.29, 1.82) is 0 Å². The minimum absolute atomic E-state index is 0.478. The van der Waals surface area contributed by atoms with Gasteiger partial charge in [0.05, 0.1) is 0 Å². The van der Waals surface area contributed by atoms with Gasteiger partial charge in [0.15, 0.2) is 0 Å². The molecule has 0 aliphatic carbocycles. The first-order chi connectivity index (χ1) is 8.08. The van der Waals surface area contributed by atoms with Crippen molar-refractivity contribution in [2.24, 2.45) is 0 Å². The van der Waals surface area contributed by atoms with Gasteiger partial charge in [-0.15, -0.1) is 0 Å². The second-order valence-electron chi connectivity index (χ2n) is 4.15. The highest BCUT2D eigenvalue weighted by atomic mass is 15.2. The van der Waals surface area contributed by atoms with Gasteiger partial charge in [-0.25, -0.2) is 9.97 Å². The second kappa shape index (κ2) is 4.41. The zero-order chi connectivity index (χ0) is 12.4. The van der Waals surface area contributed by atoms with Crippen molar-refractivity contribution in [2.75, 3.05) is 17.7 Å². The van der Waals surface area contributed by atoms with E-state index in [1.807, 2.05) is 11.9 Å². The van der Waals surface area contributed by atoms with Crippen LogP contribution < -0.4 is 10.6 Å². The molecule has 2 aromatic rings. The van der Waals surface area contributed by atoms with Crippen LogP contribution in [0.1, 0.15) is 11.1 Å². The average Bonchev–Trinajstić information content (AvgIpc) is 2.28. The normalized spacial score (nSPS) is 10.3. The second-order valence-corrected chi connectivity index (χ2v) is 4.15. The van der Waals surface area contributed by atoms with E-state index in [0.717, 1.165) is 11.5 Å². The Morgan fingerprint density at radius 1 is 1.12 bits per heavy atom. The molecule has 0 spiro atoms. The van der Waals surface area contributed by atoms with Crippen LogP contribution in [0.3, 0.4) is 0 Å². The van der Waals surface area contributed by atoms with E-state index in [2.05, 4.69) is 42.0 Å². The Morgan fingerprint density at radius 2 is 1.88 bits per heavy atom. The number of hydrogen-bond acceptors (Lipinski definition) is 4. The predicted octanol–water partition coefficient (Wildman–Crippen LogP) is 2.44. The highest BCUT2D eigenvalue weighted by molar-refractivity contribution is 5.64. The number of hydrogen-bond donors (Lipinski definition) is 1. The van der Waals surface area contributed by atoms with Crippen molar-refractivity contribution in [1.82, 2.24) is 9.97 Å². The maximum absolute atomic E-state index is 5.66. The van der Waals surface area contributed by atoms with E-state index >= 15 is 0 Å². The third-order valence-electron chi connectivity index (χ3n) is 2.73. The lowest BCUT2D eigenvalue weighted by atomic mass is 10.1. The lowest BCUT2D eigenvalue weighted by Gasteiger charge is -2.20. The molecule has 0 unspecified atom stereocenters. The first-order valence-electron chi connectivity index (χ1n) is 5.46. The van der Waals surface area contributed by atoms with Crippen molar-refractivity contribution < 1.29 is 0 Å². The van der Waals surface area contributed by atoms with Gasteiger partial charge in [0.2, 0.25) is 0 Å². The van der Waals surface area contributed by atoms with Crippen LogP contribution in [0.2, 0.25) is 0 Å². The zero-order valence-corrected chi connectivity index (χ0v) is 10.3. The summed E-state index contributed by atoms with van der Waals surface area (Å²) in [4.78, 5) is 10.1. The van der Waals surface area contributed by atoms with Gasteiger partial charge in [-0.2, -0.15) is 0 Å². The molecule has 1 aromatic carbocycles. The molecule has 4 heteroatoms. The largest absolute Gasteiger partial charge is 0.384 e. The summed E-state index contributed by atoms with van der Waals surface area (Å²) in [6.45, 7) is 4.17. The SMILES string of the molecule is Cc1ccc(N(C)c2cc(N)ncn2)c(C)c1. The Balaban J connectivity index is 2.40. The number of nitrogens with two attached hydrogens (primary N) is 1. The van der Waals surface area contributed by atoms with Crippen molar-refractivity contribution in [2.45, 2.75) is 13.8 Å². The summed E-state index contributed by atoms with van der Waals surface area (Å²) in [6.07, 6.45) is 1.48. The molecule has 2 rings (SSSR count). The molecule has 4 nitrogen and oxygen atoms in total. The molecule has 2 N–H and O–H groups in total. The maximum atomic E-state index is 5.66. The van der Waals surface area contributed by atoms with E-state index in [9.17, 15) is 0 Å². The number of nitrogens with zero attached hydrogens (tertiary/aromatic N) is 3. The van der Waals surface area contributed by atoms with Crippen LogP contribution in [-0.4, -0.2) is 17.0 Å². The molecule has 0 aliphatic rings. The number of benzene rings is 1.